The monoisotopic (exact) mass is 278 g/mol. The highest BCUT2D eigenvalue weighted by Gasteiger charge is 2.43. The molecule has 0 unspecified atom stereocenters. The standard InChI is InChI=1S/C17H23FO2/c1-11(2)12-5-7-17(8-6-12)10-15(19)14-4-3-13(18)9-16(14)20-17/h3-4,9,11-12,15,19H,5-8,10H2,1-2H3/t12?,15-,17?/m1/s1. The quantitative estimate of drug-likeness (QED) is 0.833. The second kappa shape index (κ2) is 5.03. The molecule has 3 heteroatoms. The normalized spacial score (nSPS) is 33.0. The van der Waals surface area contributed by atoms with Crippen LogP contribution < -0.4 is 4.74 Å². The Balaban J connectivity index is 1.81. The van der Waals surface area contributed by atoms with Gasteiger partial charge in [0.15, 0.2) is 0 Å². The molecule has 1 N–H and O–H groups in total. The SMILES string of the molecule is CC(C)C1CCC2(CC1)C[C@@H](O)c1ccc(F)cc1O2. The summed E-state index contributed by atoms with van der Waals surface area (Å²) in [5.74, 6) is 1.68. The Bertz CT molecular complexity index is 490. The van der Waals surface area contributed by atoms with Gasteiger partial charge >= 0.3 is 0 Å². The first kappa shape index (κ1) is 13.9. The summed E-state index contributed by atoms with van der Waals surface area (Å²) in [5, 5.41) is 10.3. The summed E-state index contributed by atoms with van der Waals surface area (Å²) < 4.78 is 19.5. The molecular weight excluding hydrogens is 255 g/mol. The van der Waals surface area contributed by atoms with Crippen LogP contribution in [0.25, 0.3) is 0 Å². The van der Waals surface area contributed by atoms with Crippen molar-refractivity contribution < 1.29 is 14.2 Å². The molecule has 0 amide bonds. The zero-order valence-corrected chi connectivity index (χ0v) is 12.2. The molecule has 2 nitrogen and oxygen atoms in total. The number of aliphatic hydroxyl groups is 1. The van der Waals surface area contributed by atoms with Crippen LogP contribution in [0.4, 0.5) is 4.39 Å². The van der Waals surface area contributed by atoms with Crippen LogP contribution in [0, 0.1) is 17.7 Å². The van der Waals surface area contributed by atoms with Gasteiger partial charge in [0, 0.05) is 18.1 Å². The molecule has 1 aliphatic carbocycles. The molecule has 1 aromatic carbocycles. The van der Waals surface area contributed by atoms with E-state index >= 15 is 0 Å². The van der Waals surface area contributed by atoms with E-state index in [0.717, 1.165) is 37.2 Å². The van der Waals surface area contributed by atoms with Gasteiger partial charge in [-0.3, -0.25) is 0 Å². The molecule has 110 valence electrons. The van der Waals surface area contributed by atoms with Gasteiger partial charge in [0.25, 0.3) is 0 Å². The Labute approximate surface area is 120 Å². The lowest BCUT2D eigenvalue weighted by molar-refractivity contribution is -0.0505. The van der Waals surface area contributed by atoms with Gasteiger partial charge < -0.3 is 9.84 Å². The van der Waals surface area contributed by atoms with Crippen molar-refractivity contribution in [1.82, 2.24) is 0 Å². The Morgan fingerprint density at radius 2 is 2.00 bits per heavy atom. The van der Waals surface area contributed by atoms with Crippen LogP contribution in [0.5, 0.6) is 5.75 Å². The van der Waals surface area contributed by atoms with Crippen LogP contribution in [0.2, 0.25) is 0 Å². The van der Waals surface area contributed by atoms with Crippen molar-refractivity contribution in [2.45, 2.75) is 57.7 Å². The number of rotatable bonds is 1. The zero-order valence-electron chi connectivity index (χ0n) is 12.2. The van der Waals surface area contributed by atoms with E-state index in [4.69, 9.17) is 4.74 Å². The molecule has 0 saturated heterocycles. The van der Waals surface area contributed by atoms with Crippen molar-refractivity contribution in [3.63, 3.8) is 0 Å². The first-order valence-electron chi connectivity index (χ1n) is 7.66. The van der Waals surface area contributed by atoms with Crippen molar-refractivity contribution in [1.29, 1.82) is 0 Å². The van der Waals surface area contributed by atoms with Crippen molar-refractivity contribution in [2.24, 2.45) is 11.8 Å². The summed E-state index contributed by atoms with van der Waals surface area (Å²) in [6.07, 6.45) is 4.29. The van der Waals surface area contributed by atoms with E-state index in [1.165, 1.54) is 12.1 Å². The maximum absolute atomic E-state index is 13.4. The topological polar surface area (TPSA) is 29.5 Å². The summed E-state index contributed by atoms with van der Waals surface area (Å²) in [4.78, 5) is 0. The first-order valence-corrected chi connectivity index (χ1v) is 7.66. The third-order valence-electron chi connectivity index (χ3n) is 5.11. The van der Waals surface area contributed by atoms with Crippen LogP contribution in [0.15, 0.2) is 18.2 Å². The minimum atomic E-state index is -0.532. The van der Waals surface area contributed by atoms with Crippen LogP contribution in [-0.4, -0.2) is 10.7 Å². The van der Waals surface area contributed by atoms with E-state index in [1.54, 1.807) is 6.07 Å². The molecule has 0 radical (unpaired) electrons. The van der Waals surface area contributed by atoms with Crippen molar-refractivity contribution in [3.05, 3.63) is 29.6 Å². The Morgan fingerprint density at radius 3 is 2.65 bits per heavy atom. The third kappa shape index (κ3) is 2.44. The predicted octanol–water partition coefficient (Wildman–Crippen LogP) is 4.23. The fourth-order valence-electron chi connectivity index (χ4n) is 3.75. The molecule has 1 saturated carbocycles. The van der Waals surface area contributed by atoms with Crippen LogP contribution in [0.3, 0.4) is 0 Å². The van der Waals surface area contributed by atoms with Crippen LogP contribution in [-0.2, 0) is 0 Å². The van der Waals surface area contributed by atoms with Gasteiger partial charge in [0.1, 0.15) is 17.2 Å². The fraction of sp³-hybridized carbons (Fsp3) is 0.647. The van der Waals surface area contributed by atoms with Gasteiger partial charge in [0.05, 0.1) is 6.10 Å². The molecule has 0 aromatic heterocycles. The number of halogens is 1. The van der Waals surface area contributed by atoms with Gasteiger partial charge in [-0.2, -0.15) is 0 Å². The van der Waals surface area contributed by atoms with E-state index in [2.05, 4.69) is 13.8 Å². The second-order valence-electron chi connectivity index (χ2n) is 6.77. The van der Waals surface area contributed by atoms with E-state index in [1.807, 2.05) is 0 Å². The third-order valence-corrected chi connectivity index (χ3v) is 5.11. The fourth-order valence-corrected chi connectivity index (χ4v) is 3.75. The van der Waals surface area contributed by atoms with Gasteiger partial charge in [-0.25, -0.2) is 4.39 Å². The van der Waals surface area contributed by atoms with Crippen LogP contribution >= 0.6 is 0 Å². The average molecular weight is 278 g/mol. The molecule has 3 rings (SSSR count). The second-order valence-corrected chi connectivity index (χ2v) is 6.77. The molecule has 2 aliphatic rings. The number of fused-ring (bicyclic) bond motifs is 1. The van der Waals surface area contributed by atoms with Gasteiger partial charge in [-0.05, 0) is 49.7 Å². The lowest BCUT2D eigenvalue weighted by atomic mass is 9.71. The Kier molecular flexibility index (Phi) is 3.49. The number of ether oxygens (including phenoxy) is 1. The highest BCUT2D eigenvalue weighted by molar-refractivity contribution is 5.38. The number of aliphatic hydroxyl groups excluding tert-OH is 1. The molecule has 1 aliphatic heterocycles. The molecule has 1 atom stereocenters. The van der Waals surface area contributed by atoms with Crippen molar-refractivity contribution >= 4 is 0 Å². The maximum Gasteiger partial charge on any atom is 0.128 e. The van der Waals surface area contributed by atoms with Gasteiger partial charge in [0.2, 0.25) is 0 Å². The van der Waals surface area contributed by atoms with Crippen molar-refractivity contribution in [2.75, 3.05) is 0 Å². The molecule has 1 fully saturated rings. The first-order chi connectivity index (χ1) is 9.49. The molecule has 20 heavy (non-hydrogen) atoms. The predicted molar refractivity (Wildman–Crippen MR) is 76.1 cm³/mol. The molecule has 1 spiro atoms. The van der Waals surface area contributed by atoms with Crippen LogP contribution in [0.1, 0.15) is 57.6 Å². The van der Waals surface area contributed by atoms with E-state index in [-0.39, 0.29) is 11.4 Å². The molecule has 1 heterocycles. The number of benzene rings is 1. The van der Waals surface area contributed by atoms with Gasteiger partial charge in [-0.15, -0.1) is 0 Å². The van der Waals surface area contributed by atoms with Gasteiger partial charge in [-0.1, -0.05) is 13.8 Å². The Hall–Kier alpha value is -1.09. The van der Waals surface area contributed by atoms with Crippen molar-refractivity contribution in [3.8, 4) is 5.75 Å². The van der Waals surface area contributed by atoms with E-state index in [9.17, 15) is 9.50 Å². The highest BCUT2D eigenvalue weighted by atomic mass is 19.1. The maximum atomic E-state index is 13.4. The summed E-state index contributed by atoms with van der Waals surface area (Å²) in [6, 6.07) is 4.44. The summed E-state index contributed by atoms with van der Waals surface area (Å²) >= 11 is 0. The number of hydrogen-bond acceptors (Lipinski definition) is 2. The van der Waals surface area contributed by atoms with E-state index < -0.39 is 6.10 Å². The minimum Gasteiger partial charge on any atom is -0.487 e. The highest BCUT2D eigenvalue weighted by Crippen LogP contribution is 2.48. The summed E-state index contributed by atoms with van der Waals surface area (Å²) in [5.41, 5.74) is 0.439. The molecule has 0 bridgehead atoms. The Morgan fingerprint density at radius 1 is 1.30 bits per heavy atom. The summed E-state index contributed by atoms with van der Waals surface area (Å²) in [6.45, 7) is 4.54. The average Bonchev–Trinajstić information content (AvgIpc) is 2.38. The largest absolute Gasteiger partial charge is 0.487 e. The summed E-state index contributed by atoms with van der Waals surface area (Å²) in [7, 11) is 0. The van der Waals surface area contributed by atoms with E-state index in [0.29, 0.717) is 18.1 Å². The smallest absolute Gasteiger partial charge is 0.128 e. The lowest BCUT2D eigenvalue weighted by Crippen LogP contribution is -2.44. The zero-order chi connectivity index (χ0) is 14.3. The minimum absolute atomic E-state index is 0.286. The lowest BCUT2D eigenvalue weighted by Gasteiger charge is -2.45. The molecular formula is C17H23FO2. The molecule has 1 aromatic rings. The number of hydrogen-bond donors (Lipinski definition) is 1.